The highest BCUT2D eigenvalue weighted by molar-refractivity contribution is 9.25. The lowest BCUT2D eigenvalue weighted by Gasteiger charge is -2.18. The van der Waals surface area contributed by atoms with E-state index in [9.17, 15) is 0 Å². The molecule has 0 bridgehead atoms. The van der Waals surface area contributed by atoms with Crippen molar-refractivity contribution in [2.45, 2.75) is 28.6 Å². The minimum atomic E-state index is 0.219. The van der Waals surface area contributed by atoms with Crippen LogP contribution in [0, 0.1) is 11.8 Å². The molecule has 0 radical (unpaired) electrons. The van der Waals surface area contributed by atoms with Gasteiger partial charge in [0.25, 0.3) is 0 Å². The summed E-state index contributed by atoms with van der Waals surface area (Å²) in [7, 11) is 1.82. The molecule has 11 heavy (non-hydrogen) atoms. The Morgan fingerprint density at radius 3 is 2.64 bits per heavy atom. The first-order valence-electron chi connectivity index (χ1n) is 4.08. The summed E-state index contributed by atoms with van der Waals surface area (Å²) in [5, 5.41) is 0. The quantitative estimate of drug-likeness (QED) is 0.673. The van der Waals surface area contributed by atoms with Crippen molar-refractivity contribution in [1.82, 2.24) is 0 Å². The van der Waals surface area contributed by atoms with Crippen LogP contribution in [0.2, 0.25) is 0 Å². The van der Waals surface area contributed by atoms with Gasteiger partial charge in [-0.1, -0.05) is 38.3 Å². The fourth-order valence-corrected chi connectivity index (χ4v) is 4.27. The SMILES string of the molecule is COC1CCCC2C1C2(Br)Br. The Balaban J connectivity index is 2.07. The molecular formula is C8H12Br2O. The summed E-state index contributed by atoms with van der Waals surface area (Å²) in [6.07, 6.45) is 4.38. The summed E-state index contributed by atoms with van der Waals surface area (Å²) >= 11 is 7.39. The molecule has 2 fully saturated rings. The van der Waals surface area contributed by atoms with Crippen molar-refractivity contribution in [3.05, 3.63) is 0 Å². The molecule has 2 rings (SSSR count). The number of methoxy groups -OCH3 is 1. The smallest absolute Gasteiger partial charge is 0.0894 e. The predicted octanol–water partition coefficient (Wildman–Crippen LogP) is 2.92. The van der Waals surface area contributed by atoms with Crippen LogP contribution < -0.4 is 0 Å². The number of hydrogen-bond donors (Lipinski definition) is 0. The van der Waals surface area contributed by atoms with Gasteiger partial charge in [-0.05, 0) is 18.8 Å². The highest BCUT2D eigenvalue weighted by Gasteiger charge is 2.65. The third-order valence-corrected chi connectivity index (χ3v) is 5.20. The summed E-state index contributed by atoms with van der Waals surface area (Å²) in [6.45, 7) is 0. The van der Waals surface area contributed by atoms with Gasteiger partial charge >= 0.3 is 0 Å². The number of fused-ring (bicyclic) bond motifs is 1. The van der Waals surface area contributed by atoms with Crippen LogP contribution >= 0.6 is 31.9 Å². The average molecular weight is 284 g/mol. The Morgan fingerprint density at radius 2 is 2.09 bits per heavy atom. The Morgan fingerprint density at radius 1 is 1.36 bits per heavy atom. The lowest BCUT2D eigenvalue weighted by atomic mass is 9.98. The molecule has 0 aromatic carbocycles. The van der Waals surface area contributed by atoms with E-state index in [1.54, 1.807) is 0 Å². The number of rotatable bonds is 1. The average Bonchev–Trinajstić information content (AvgIpc) is 2.56. The monoisotopic (exact) mass is 282 g/mol. The molecule has 2 saturated carbocycles. The summed E-state index contributed by atoms with van der Waals surface area (Å²) in [5.74, 6) is 1.52. The van der Waals surface area contributed by atoms with E-state index in [4.69, 9.17) is 4.74 Å². The van der Waals surface area contributed by atoms with Gasteiger partial charge in [-0.2, -0.15) is 0 Å². The molecular weight excluding hydrogens is 272 g/mol. The third-order valence-electron chi connectivity index (χ3n) is 2.97. The van der Waals surface area contributed by atoms with Gasteiger partial charge in [0.2, 0.25) is 0 Å². The zero-order chi connectivity index (χ0) is 8.06. The van der Waals surface area contributed by atoms with E-state index in [0.717, 1.165) is 5.92 Å². The molecule has 3 heteroatoms. The van der Waals surface area contributed by atoms with Crippen molar-refractivity contribution < 1.29 is 4.74 Å². The van der Waals surface area contributed by atoms with E-state index in [1.165, 1.54) is 19.3 Å². The Labute approximate surface area is 84.1 Å². The van der Waals surface area contributed by atoms with Crippen molar-refractivity contribution in [2.24, 2.45) is 11.8 Å². The Bertz CT molecular complexity index is 169. The molecule has 0 spiro atoms. The molecule has 3 unspecified atom stereocenters. The molecule has 2 aliphatic carbocycles. The van der Waals surface area contributed by atoms with E-state index < -0.39 is 0 Å². The highest BCUT2D eigenvalue weighted by atomic mass is 79.9. The van der Waals surface area contributed by atoms with Gasteiger partial charge in [-0.3, -0.25) is 0 Å². The van der Waals surface area contributed by atoms with Crippen molar-refractivity contribution in [3.63, 3.8) is 0 Å². The fourth-order valence-electron chi connectivity index (χ4n) is 2.28. The molecule has 0 N–H and O–H groups in total. The topological polar surface area (TPSA) is 9.23 Å². The highest BCUT2D eigenvalue weighted by Crippen LogP contribution is 2.67. The first-order chi connectivity index (χ1) is 5.18. The molecule has 64 valence electrons. The van der Waals surface area contributed by atoms with Gasteiger partial charge in [0.15, 0.2) is 0 Å². The van der Waals surface area contributed by atoms with Crippen molar-refractivity contribution in [2.75, 3.05) is 7.11 Å². The van der Waals surface area contributed by atoms with Gasteiger partial charge in [0.1, 0.15) is 0 Å². The van der Waals surface area contributed by atoms with Crippen LogP contribution in [0.4, 0.5) is 0 Å². The summed E-state index contributed by atoms with van der Waals surface area (Å²) in [4.78, 5) is 0. The minimum Gasteiger partial charge on any atom is -0.381 e. The first kappa shape index (κ1) is 8.52. The summed E-state index contributed by atoms with van der Waals surface area (Å²) < 4.78 is 5.64. The van der Waals surface area contributed by atoms with E-state index in [2.05, 4.69) is 31.9 Å². The zero-order valence-corrected chi connectivity index (χ0v) is 9.69. The molecule has 0 saturated heterocycles. The molecule has 0 aromatic rings. The zero-order valence-electron chi connectivity index (χ0n) is 6.52. The number of alkyl halides is 2. The number of hydrogen-bond acceptors (Lipinski definition) is 1. The van der Waals surface area contributed by atoms with E-state index in [1.807, 2.05) is 7.11 Å². The second-order valence-electron chi connectivity index (χ2n) is 3.51. The standard InChI is InChI=1S/C8H12Br2O/c1-11-6-4-2-3-5-7(6)8(5,9)10/h5-7H,2-4H2,1H3. The van der Waals surface area contributed by atoms with Gasteiger partial charge in [0.05, 0.1) is 9.34 Å². The largest absolute Gasteiger partial charge is 0.381 e. The molecule has 0 aromatic heterocycles. The Kier molecular flexibility index (Phi) is 2.10. The van der Waals surface area contributed by atoms with Crippen LogP contribution in [-0.2, 0) is 4.74 Å². The number of halogens is 2. The van der Waals surface area contributed by atoms with Crippen LogP contribution in [0.15, 0.2) is 0 Å². The van der Waals surface area contributed by atoms with Crippen LogP contribution in [0.1, 0.15) is 19.3 Å². The maximum absolute atomic E-state index is 5.42. The van der Waals surface area contributed by atoms with Crippen LogP contribution in [0.25, 0.3) is 0 Å². The van der Waals surface area contributed by atoms with Crippen molar-refractivity contribution in [3.8, 4) is 0 Å². The molecule has 0 aliphatic heterocycles. The predicted molar refractivity (Wildman–Crippen MR) is 52.2 cm³/mol. The third kappa shape index (κ3) is 1.20. The Hall–Kier alpha value is 0.920. The lowest BCUT2D eigenvalue weighted by molar-refractivity contribution is 0.0590. The molecule has 1 nitrogen and oxygen atoms in total. The maximum atomic E-state index is 5.42. The van der Waals surface area contributed by atoms with Gasteiger partial charge in [-0.25, -0.2) is 0 Å². The first-order valence-corrected chi connectivity index (χ1v) is 5.67. The minimum absolute atomic E-state index is 0.219. The second-order valence-corrected chi connectivity index (χ2v) is 7.20. The van der Waals surface area contributed by atoms with Crippen molar-refractivity contribution in [1.29, 1.82) is 0 Å². The van der Waals surface area contributed by atoms with E-state index in [0.29, 0.717) is 12.0 Å². The molecule has 2 aliphatic rings. The number of ether oxygens (including phenoxy) is 1. The van der Waals surface area contributed by atoms with Crippen LogP contribution in [0.3, 0.4) is 0 Å². The molecule has 3 atom stereocenters. The van der Waals surface area contributed by atoms with Gasteiger partial charge < -0.3 is 4.74 Å². The maximum Gasteiger partial charge on any atom is 0.0894 e. The summed E-state index contributed by atoms with van der Waals surface area (Å²) in [6, 6.07) is 0. The fraction of sp³-hybridized carbons (Fsp3) is 1.00. The van der Waals surface area contributed by atoms with Crippen LogP contribution in [0.5, 0.6) is 0 Å². The molecule has 0 heterocycles. The lowest BCUT2D eigenvalue weighted by Crippen LogP contribution is -2.18. The van der Waals surface area contributed by atoms with E-state index >= 15 is 0 Å². The van der Waals surface area contributed by atoms with Gasteiger partial charge in [-0.15, -0.1) is 0 Å². The normalized spacial score (nSPS) is 46.6. The van der Waals surface area contributed by atoms with Crippen molar-refractivity contribution >= 4 is 31.9 Å². The van der Waals surface area contributed by atoms with Gasteiger partial charge in [0, 0.05) is 13.0 Å². The summed E-state index contributed by atoms with van der Waals surface area (Å²) in [5.41, 5.74) is 0. The van der Waals surface area contributed by atoms with Crippen LogP contribution in [-0.4, -0.2) is 16.4 Å². The second kappa shape index (κ2) is 2.71. The molecule has 0 amide bonds. The van der Waals surface area contributed by atoms with E-state index in [-0.39, 0.29) is 3.23 Å².